The summed E-state index contributed by atoms with van der Waals surface area (Å²) in [5.41, 5.74) is 7.59. The smallest absolute Gasteiger partial charge is 0.339 e. The number of rotatable bonds is 3. The van der Waals surface area contributed by atoms with Crippen LogP contribution in [-0.4, -0.2) is 16.2 Å². The predicted molar refractivity (Wildman–Crippen MR) is 73.3 cm³/mol. The zero-order valence-electron chi connectivity index (χ0n) is 11.2. The Bertz CT molecular complexity index is 479. The minimum absolute atomic E-state index is 0.0544. The summed E-state index contributed by atoms with van der Waals surface area (Å²) in [4.78, 5) is 11.1. The van der Waals surface area contributed by atoms with Crippen molar-refractivity contribution in [1.29, 1.82) is 0 Å². The van der Waals surface area contributed by atoms with Crippen LogP contribution in [-0.2, 0) is 0 Å². The van der Waals surface area contributed by atoms with Crippen molar-refractivity contribution in [1.82, 2.24) is 0 Å². The zero-order valence-corrected chi connectivity index (χ0v) is 11.2. The third-order valence-corrected chi connectivity index (χ3v) is 4.03. The molecule has 0 radical (unpaired) electrons. The summed E-state index contributed by atoms with van der Waals surface area (Å²) in [6, 6.07) is 3.01. The molecule has 0 heterocycles. The number of hydrogen-bond donors (Lipinski definition) is 3. The van der Waals surface area contributed by atoms with Gasteiger partial charge in [0.2, 0.25) is 0 Å². The van der Waals surface area contributed by atoms with Crippen LogP contribution >= 0.6 is 0 Å². The maximum Gasteiger partial charge on any atom is 0.339 e. The van der Waals surface area contributed by atoms with E-state index in [1.165, 1.54) is 12.5 Å². The fraction of sp³-hybridized carbons (Fsp3) is 0.533. The molecule has 104 valence electrons. The minimum Gasteiger partial charge on any atom is -0.507 e. The van der Waals surface area contributed by atoms with Crippen molar-refractivity contribution >= 4 is 5.97 Å². The van der Waals surface area contributed by atoms with E-state index in [9.17, 15) is 9.90 Å². The van der Waals surface area contributed by atoms with E-state index in [0.29, 0.717) is 11.5 Å². The average molecular weight is 263 g/mol. The average Bonchev–Trinajstić information content (AvgIpc) is 2.41. The summed E-state index contributed by atoms with van der Waals surface area (Å²) in [6.45, 7) is 1.82. The van der Waals surface area contributed by atoms with Gasteiger partial charge in [-0.05, 0) is 37.3 Å². The van der Waals surface area contributed by atoms with E-state index in [1.54, 1.807) is 6.07 Å². The third-order valence-electron chi connectivity index (χ3n) is 4.03. The summed E-state index contributed by atoms with van der Waals surface area (Å²) in [7, 11) is 0. The summed E-state index contributed by atoms with van der Waals surface area (Å²) < 4.78 is 0. The Morgan fingerprint density at radius 1 is 1.32 bits per heavy atom. The number of phenols is 1. The van der Waals surface area contributed by atoms with Gasteiger partial charge < -0.3 is 15.9 Å². The lowest BCUT2D eigenvalue weighted by atomic mass is 9.80. The first kappa shape index (κ1) is 13.9. The highest BCUT2D eigenvalue weighted by molar-refractivity contribution is 5.91. The lowest BCUT2D eigenvalue weighted by Gasteiger charge is -2.28. The molecule has 0 unspecified atom stereocenters. The second-order valence-corrected chi connectivity index (χ2v) is 5.48. The Hall–Kier alpha value is -1.55. The maximum absolute atomic E-state index is 11.1. The van der Waals surface area contributed by atoms with E-state index in [0.717, 1.165) is 31.2 Å². The van der Waals surface area contributed by atoms with Crippen LogP contribution in [0.3, 0.4) is 0 Å². The van der Waals surface area contributed by atoms with Gasteiger partial charge in [-0.1, -0.05) is 25.3 Å². The number of hydrogen-bond acceptors (Lipinski definition) is 3. The lowest BCUT2D eigenvalue weighted by molar-refractivity contribution is 0.0693. The van der Waals surface area contributed by atoms with Crippen molar-refractivity contribution in [3.05, 3.63) is 28.8 Å². The first-order chi connectivity index (χ1) is 9.00. The molecule has 1 saturated carbocycles. The standard InChI is InChI=1S/C15H21NO3/c1-9-7-11(14(17)12(8-9)15(18)19)13(16)10-5-3-2-4-6-10/h7-8,10,13,17H,2-6,16H2,1H3,(H,18,19)/t13-/m0/s1. The Balaban J connectivity index is 2.35. The van der Waals surface area contributed by atoms with E-state index in [2.05, 4.69) is 0 Å². The molecule has 0 saturated heterocycles. The van der Waals surface area contributed by atoms with Crippen LogP contribution in [0.2, 0.25) is 0 Å². The summed E-state index contributed by atoms with van der Waals surface area (Å²) in [5, 5.41) is 19.2. The number of benzene rings is 1. The topological polar surface area (TPSA) is 83.5 Å². The molecule has 1 aromatic rings. The molecule has 4 N–H and O–H groups in total. The highest BCUT2D eigenvalue weighted by Gasteiger charge is 2.26. The van der Waals surface area contributed by atoms with Crippen LogP contribution in [0.4, 0.5) is 0 Å². The summed E-state index contributed by atoms with van der Waals surface area (Å²) in [5.74, 6) is -0.947. The van der Waals surface area contributed by atoms with E-state index in [-0.39, 0.29) is 17.4 Å². The van der Waals surface area contributed by atoms with Crippen molar-refractivity contribution in [3.63, 3.8) is 0 Å². The van der Waals surface area contributed by atoms with Gasteiger partial charge >= 0.3 is 5.97 Å². The SMILES string of the molecule is Cc1cc(C(=O)O)c(O)c([C@@H](N)C2CCCCC2)c1. The molecular formula is C15H21NO3. The van der Waals surface area contributed by atoms with Gasteiger partial charge in [-0.15, -0.1) is 0 Å². The van der Waals surface area contributed by atoms with Crippen LogP contribution in [0, 0.1) is 12.8 Å². The largest absolute Gasteiger partial charge is 0.507 e. The number of carboxylic acids is 1. The molecule has 1 atom stereocenters. The van der Waals surface area contributed by atoms with Crippen LogP contribution in [0.5, 0.6) is 5.75 Å². The molecule has 1 aliphatic carbocycles. The highest BCUT2D eigenvalue weighted by Crippen LogP contribution is 2.37. The number of nitrogens with two attached hydrogens (primary N) is 1. The molecule has 0 aliphatic heterocycles. The second kappa shape index (κ2) is 5.61. The highest BCUT2D eigenvalue weighted by atomic mass is 16.4. The van der Waals surface area contributed by atoms with E-state index < -0.39 is 5.97 Å². The molecule has 0 amide bonds. The molecule has 0 spiro atoms. The summed E-state index contributed by atoms with van der Waals surface area (Å²) in [6.07, 6.45) is 5.67. The molecule has 1 aliphatic rings. The monoisotopic (exact) mass is 263 g/mol. The molecule has 1 fully saturated rings. The zero-order chi connectivity index (χ0) is 14.0. The van der Waals surface area contributed by atoms with Gasteiger partial charge in [0.1, 0.15) is 11.3 Å². The van der Waals surface area contributed by atoms with Crippen LogP contribution in [0.25, 0.3) is 0 Å². The normalized spacial score (nSPS) is 18.2. The quantitative estimate of drug-likeness (QED) is 0.782. The van der Waals surface area contributed by atoms with Crippen molar-refractivity contribution in [2.24, 2.45) is 11.7 Å². The molecule has 4 heteroatoms. The van der Waals surface area contributed by atoms with Crippen LogP contribution < -0.4 is 5.73 Å². The molecule has 4 nitrogen and oxygen atoms in total. The fourth-order valence-corrected chi connectivity index (χ4v) is 2.97. The van der Waals surface area contributed by atoms with Gasteiger partial charge in [-0.3, -0.25) is 0 Å². The number of aromatic carboxylic acids is 1. The van der Waals surface area contributed by atoms with Crippen molar-refractivity contribution < 1.29 is 15.0 Å². The fourth-order valence-electron chi connectivity index (χ4n) is 2.97. The van der Waals surface area contributed by atoms with Gasteiger partial charge in [0, 0.05) is 11.6 Å². The molecule has 0 aromatic heterocycles. The number of aryl methyl sites for hydroxylation is 1. The second-order valence-electron chi connectivity index (χ2n) is 5.48. The first-order valence-corrected chi connectivity index (χ1v) is 6.83. The Morgan fingerprint density at radius 3 is 2.53 bits per heavy atom. The van der Waals surface area contributed by atoms with E-state index in [1.807, 2.05) is 6.92 Å². The maximum atomic E-state index is 11.1. The Labute approximate surface area is 113 Å². The molecule has 1 aromatic carbocycles. The predicted octanol–water partition coefficient (Wildman–Crippen LogP) is 2.98. The molecule has 19 heavy (non-hydrogen) atoms. The van der Waals surface area contributed by atoms with Gasteiger partial charge in [0.25, 0.3) is 0 Å². The van der Waals surface area contributed by atoms with Gasteiger partial charge in [-0.2, -0.15) is 0 Å². The van der Waals surface area contributed by atoms with Crippen molar-refractivity contribution in [2.45, 2.75) is 45.1 Å². The van der Waals surface area contributed by atoms with Gasteiger partial charge in [0.05, 0.1) is 0 Å². The van der Waals surface area contributed by atoms with E-state index >= 15 is 0 Å². The number of carboxylic acid groups (broad SMARTS) is 1. The van der Waals surface area contributed by atoms with E-state index in [4.69, 9.17) is 10.8 Å². The van der Waals surface area contributed by atoms with Crippen molar-refractivity contribution in [3.8, 4) is 5.75 Å². The molecule has 2 rings (SSSR count). The first-order valence-electron chi connectivity index (χ1n) is 6.83. The summed E-state index contributed by atoms with van der Waals surface area (Å²) >= 11 is 0. The van der Waals surface area contributed by atoms with Gasteiger partial charge in [0.15, 0.2) is 0 Å². The number of aromatic hydroxyl groups is 1. The van der Waals surface area contributed by atoms with Crippen molar-refractivity contribution in [2.75, 3.05) is 0 Å². The Kier molecular flexibility index (Phi) is 4.10. The Morgan fingerprint density at radius 2 is 1.95 bits per heavy atom. The number of carbonyl (C=O) groups is 1. The van der Waals surface area contributed by atoms with Gasteiger partial charge in [-0.25, -0.2) is 4.79 Å². The van der Waals surface area contributed by atoms with Crippen LogP contribution in [0.15, 0.2) is 12.1 Å². The van der Waals surface area contributed by atoms with Crippen LogP contribution in [0.1, 0.15) is 59.6 Å². The molecular weight excluding hydrogens is 242 g/mol. The third kappa shape index (κ3) is 2.89. The lowest BCUT2D eigenvalue weighted by Crippen LogP contribution is -2.24. The molecule has 0 bridgehead atoms. The minimum atomic E-state index is -1.11.